The number of benzene rings is 1. The zero-order valence-corrected chi connectivity index (χ0v) is 21.1. The van der Waals surface area contributed by atoms with Gasteiger partial charge in [0.2, 0.25) is 0 Å². The van der Waals surface area contributed by atoms with E-state index in [2.05, 4.69) is 4.90 Å². The Morgan fingerprint density at radius 3 is 2.46 bits per heavy atom. The van der Waals surface area contributed by atoms with Crippen molar-refractivity contribution in [3.63, 3.8) is 0 Å². The van der Waals surface area contributed by atoms with Crippen LogP contribution in [0.15, 0.2) is 18.2 Å². The van der Waals surface area contributed by atoms with Gasteiger partial charge in [-0.1, -0.05) is 19.3 Å². The number of hydrogen-bond acceptors (Lipinski definition) is 5. The van der Waals surface area contributed by atoms with E-state index in [9.17, 15) is 23.1 Å². The molecule has 2 aliphatic rings. The van der Waals surface area contributed by atoms with Crippen molar-refractivity contribution < 1.29 is 23.1 Å². The van der Waals surface area contributed by atoms with Crippen molar-refractivity contribution >= 4 is 28.9 Å². The fourth-order valence-corrected chi connectivity index (χ4v) is 5.46. The summed E-state index contributed by atoms with van der Waals surface area (Å²) in [6.45, 7) is 6.27. The maximum atomic E-state index is 13.4. The van der Waals surface area contributed by atoms with E-state index in [1.807, 2.05) is 0 Å². The summed E-state index contributed by atoms with van der Waals surface area (Å²) in [5, 5.41) is 18.6. The molecule has 0 aliphatic carbocycles. The molecule has 0 bridgehead atoms. The van der Waals surface area contributed by atoms with E-state index < -0.39 is 22.8 Å². The number of nitriles is 1. The monoisotopic (exact) mass is 510 g/mol. The topological polar surface area (TPSA) is 70.8 Å². The Kier molecular flexibility index (Phi) is 8.78. The number of thiocarbonyl (C=S) groups is 1. The summed E-state index contributed by atoms with van der Waals surface area (Å²) in [6, 6.07) is 5.09. The van der Waals surface area contributed by atoms with Gasteiger partial charge in [0, 0.05) is 12.6 Å². The molecule has 2 aliphatic heterocycles. The number of carbonyl (C=O) groups excluding carboxylic acids is 1. The Balaban J connectivity index is 1.56. The van der Waals surface area contributed by atoms with Crippen LogP contribution in [0.4, 0.5) is 18.9 Å². The van der Waals surface area contributed by atoms with Gasteiger partial charge in [-0.2, -0.15) is 18.4 Å². The number of rotatable bonds is 10. The number of amides is 1. The molecule has 0 spiro atoms. The van der Waals surface area contributed by atoms with Crippen molar-refractivity contribution in [2.24, 2.45) is 0 Å². The number of aliphatic hydroxyl groups is 1. The van der Waals surface area contributed by atoms with Gasteiger partial charge in [-0.25, -0.2) is 0 Å². The summed E-state index contributed by atoms with van der Waals surface area (Å²) in [5.41, 5.74) is -2.53. The number of carbonyl (C=O) groups is 1. The third-order valence-electron chi connectivity index (χ3n) is 7.05. The first-order valence-corrected chi connectivity index (χ1v) is 12.6. The minimum absolute atomic E-state index is 0.0185. The molecule has 35 heavy (non-hydrogen) atoms. The van der Waals surface area contributed by atoms with E-state index in [1.54, 1.807) is 24.8 Å². The van der Waals surface area contributed by atoms with Gasteiger partial charge in [0.05, 0.1) is 29.5 Å². The number of anilines is 1. The third-order valence-corrected chi connectivity index (χ3v) is 7.45. The largest absolute Gasteiger partial charge is 0.417 e. The molecule has 0 radical (unpaired) electrons. The molecule has 2 heterocycles. The standard InChI is InChI=1S/C25H33F3N4O2S/c1-24(2)22(34)32(19-11-10-18(16-29)21(15-19)25(26,27)28)23(35)31(24)14-7-5-3-4-6-12-30-13-8-9-20(30)17-33/h10-11,15,20,33H,3-9,12-14,17H2,1-2H3/t20-/m0/s1. The van der Waals surface area contributed by atoms with Crippen LogP contribution < -0.4 is 4.90 Å². The lowest BCUT2D eigenvalue weighted by atomic mass is 10.0. The van der Waals surface area contributed by atoms with Crippen LogP contribution in [0.5, 0.6) is 0 Å². The molecule has 1 N–H and O–H groups in total. The predicted octanol–water partition coefficient (Wildman–Crippen LogP) is 4.70. The van der Waals surface area contributed by atoms with E-state index in [0.29, 0.717) is 12.6 Å². The number of hydrogen-bond donors (Lipinski definition) is 1. The molecule has 0 unspecified atom stereocenters. The first kappa shape index (κ1) is 27.4. The van der Waals surface area contributed by atoms with Gasteiger partial charge in [0.15, 0.2) is 5.11 Å². The molecule has 2 fully saturated rings. The van der Waals surface area contributed by atoms with Crippen molar-refractivity contribution in [3.8, 4) is 6.07 Å². The Hall–Kier alpha value is -2.22. The van der Waals surface area contributed by atoms with Gasteiger partial charge in [-0.15, -0.1) is 0 Å². The average molecular weight is 511 g/mol. The molecule has 1 aromatic carbocycles. The van der Waals surface area contributed by atoms with E-state index in [0.717, 1.165) is 75.1 Å². The minimum Gasteiger partial charge on any atom is -0.395 e. The second-order valence-corrected chi connectivity index (χ2v) is 10.1. The Morgan fingerprint density at radius 1 is 1.17 bits per heavy atom. The fourth-order valence-electron chi connectivity index (χ4n) is 4.95. The number of halogens is 3. The van der Waals surface area contributed by atoms with Gasteiger partial charge >= 0.3 is 6.18 Å². The maximum Gasteiger partial charge on any atom is 0.417 e. The molecule has 0 aromatic heterocycles. The van der Waals surface area contributed by atoms with Gasteiger partial charge in [0.25, 0.3) is 5.91 Å². The highest BCUT2D eigenvalue weighted by Gasteiger charge is 2.49. The quantitative estimate of drug-likeness (QED) is 0.364. The van der Waals surface area contributed by atoms with E-state index in [1.165, 1.54) is 6.07 Å². The van der Waals surface area contributed by atoms with Crippen LogP contribution in [0.1, 0.15) is 69.9 Å². The highest BCUT2D eigenvalue weighted by atomic mass is 32.1. The molecule has 2 saturated heterocycles. The molecular formula is C25H33F3N4O2S. The van der Waals surface area contributed by atoms with Gasteiger partial charge in [-0.3, -0.25) is 14.6 Å². The second-order valence-electron chi connectivity index (χ2n) is 9.76. The summed E-state index contributed by atoms with van der Waals surface area (Å²) in [5.74, 6) is -0.385. The van der Waals surface area contributed by atoms with Crippen LogP contribution >= 0.6 is 12.2 Å². The van der Waals surface area contributed by atoms with Crippen LogP contribution in [-0.2, 0) is 11.0 Å². The minimum atomic E-state index is -4.71. The smallest absolute Gasteiger partial charge is 0.395 e. The average Bonchev–Trinajstić information content (AvgIpc) is 3.33. The number of aliphatic hydroxyl groups excluding tert-OH is 1. The summed E-state index contributed by atoms with van der Waals surface area (Å²) in [4.78, 5) is 18.4. The zero-order valence-electron chi connectivity index (χ0n) is 20.3. The number of alkyl halides is 3. The van der Waals surface area contributed by atoms with Crippen molar-refractivity contribution in [1.29, 1.82) is 5.26 Å². The molecule has 1 atom stereocenters. The van der Waals surface area contributed by atoms with E-state index in [-0.39, 0.29) is 23.3 Å². The molecular weight excluding hydrogens is 477 g/mol. The lowest BCUT2D eigenvalue weighted by Crippen LogP contribution is -2.44. The second kappa shape index (κ2) is 11.2. The first-order chi connectivity index (χ1) is 16.5. The Labute approximate surface area is 210 Å². The van der Waals surface area contributed by atoms with Crippen LogP contribution in [0.2, 0.25) is 0 Å². The van der Waals surface area contributed by atoms with E-state index >= 15 is 0 Å². The molecule has 1 amide bonds. The van der Waals surface area contributed by atoms with Crippen LogP contribution in [0.25, 0.3) is 0 Å². The number of unbranched alkanes of at least 4 members (excludes halogenated alkanes) is 4. The lowest BCUT2D eigenvalue weighted by molar-refractivity contribution is -0.137. The van der Waals surface area contributed by atoms with Crippen molar-refractivity contribution in [2.75, 3.05) is 31.1 Å². The lowest BCUT2D eigenvalue weighted by Gasteiger charge is -2.29. The fraction of sp³-hybridized carbons (Fsp3) is 0.640. The zero-order chi connectivity index (χ0) is 25.8. The summed E-state index contributed by atoms with van der Waals surface area (Å²) < 4.78 is 40.3. The molecule has 192 valence electrons. The van der Waals surface area contributed by atoms with Crippen LogP contribution in [0, 0.1) is 11.3 Å². The highest BCUT2D eigenvalue weighted by Crippen LogP contribution is 2.38. The SMILES string of the molecule is CC1(C)C(=O)N(c2ccc(C#N)c(C(F)(F)F)c2)C(=S)N1CCCCCCCN1CCC[C@H]1CO. The summed E-state index contributed by atoms with van der Waals surface area (Å²) >= 11 is 5.53. The normalized spacial score (nSPS) is 20.7. The highest BCUT2D eigenvalue weighted by molar-refractivity contribution is 7.80. The molecule has 10 heteroatoms. The van der Waals surface area contributed by atoms with Gasteiger partial charge in [0.1, 0.15) is 5.54 Å². The summed E-state index contributed by atoms with van der Waals surface area (Å²) in [6.07, 6.45) is 2.48. The third kappa shape index (κ3) is 5.96. The molecule has 6 nitrogen and oxygen atoms in total. The Morgan fingerprint density at radius 2 is 1.83 bits per heavy atom. The maximum absolute atomic E-state index is 13.4. The summed E-state index contributed by atoms with van der Waals surface area (Å²) in [7, 11) is 0. The first-order valence-electron chi connectivity index (χ1n) is 12.1. The van der Waals surface area contributed by atoms with Crippen molar-refractivity contribution in [3.05, 3.63) is 29.3 Å². The van der Waals surface area contributed by atoms with Gasteiger partial charge in [-0.05, 0) is 83.0 Å². The van der Waals surface area contributed by atoms with E-state index in [4.69, 9.17) is 17.5 Å². The van der Waals surface area contributed by atoms with Crippen molar-refractivity contribution in [2.45, 2.75) is 76.6 Å². The molecule has 3 rings (SSSR count). The number of likely N-dealkylation sites (tertiary alicyclic amines) is 1. The predicted molar refractivity (Wildman–Crippen MR) is 132 cm³/mol. The van der Waals surface area contributed by atoms with Crippen molar-refractivity contribution in [1.82, 2.24) is 9.80 Å². The van der Waals surface area contributed by atoms with Crippen LogP contribution in [-0.4, -0.2) is 63.7 Å². The van der Waals surface area contributed by atoms with Gasteiger partial charge < -0.3 is 10.0 Å². The number of nitrogens with zero attached hydrogens (tertiary/aromatic N) is 4. The Bertz CT molecular complexity index is 976. The molecule has 0 saturated carbocycles. The van der Waals surface area contributed by atoms with Crippen LogP contribution in [0.3, 0.4) is 0 Å². The molecule has 1 aromatic rings.